The highest BCUT2D eigenvalue weighted by molar-refractivity contribution is 7.80. The maximum atomic E-state index is 12.2. The second kappa shape index (κ2) is 7.24. The lowest BCUT2D eigenvalue weighted by Crippen LogP contribution is -2.23. The molecule has 2 rings (SSSR count). The summed E-state index contributed by atoms with van der Waals surface area (Å²) >= 11 is 6.07. The molecule has 0 saturated carbocycles. The first-order chi connectivity index (χ1) is 10.1. The summed E-state index contributed by atoms with van der Waals surface area (Å²) in [5, 5.41) is 6.87. The number of nitrogens with one attached hydrogen (secondary N) is 1. The van der Waals surface area contributed by atoms with Crippen LogP contribution in [0.1, 0.15) is 39.8 Å². The van der Waals surface area contributed by atoms with Crippen LogP contribution in [0.2, 0.25) is 0 Å². The standard InChI is InChI=1S/C14H16N4OS2/c1-2-4-11-12(21-18-17-11)14(19)16-8-9-5-3-6-10(7-9)13(15)20/h3,5-7H,2,4,8H2,1H3,(H2,15,20)(H,16,19). The van der Waals surface area contributed by atoms with Crippen LogP contribution in [0.3, 0.4) is 0 Å². The molecule has 0 aliphatic heterocycles. The van der Waals surface area contributed by atoms with Gasteiger partial charge < -0.3 is 11.1 Å². The van der Waals surface area contributed by atoms with Gasteiger partial charge in [-0.2, -0.15) is 0 Å². The van der Waals surface area contributed by atoms with Gasteiger partial charge in [0.05, 0.1) is 5.69 Å². The molecule has 0 bridgehead atoms. The van der Waals surface area contributed by atoms with E-state index in [9.17, 15) is 4.79 Å². The highest BCUT2D eigenvalue weighted by Gasteiger charge is 2.15. The normalized spacial score (nSPS) is 10.3. The number of carbonyl (C=O) groups is 1. The zero-order valence-electron chi connectivity index (χ0n) is 11.6. The number of amides is 1. The summed E-state index contributed by atoms with van der Waals surface area (Å²) in [4.78, 5) is 13.1. The molecule has 0 atom stereocenters. The number of aromatic nitrogens is 2. The van der Waals surface area contributed by atoms with Crippen LogP contribution in [-0.4, -0.2) is 20.5 Å². The van der Waals surface area contributed by atoms with Gasteiger partial charge in [0.2, 0.25) is 0 Å². The van der Waals surface area contributed by atoms with Gasteiger partial charge >= 0.3 is 0 Å². The van der Waals surface area contributed by atoms with E-state index in [4.69, 9.17) is 18.0 Å². The second-order valence-corrected chi connectivity index (χ2v) is 5.74. The smallest absolute Gasteiger partial charge is 0.265 e. The number of nitrogens with zero attached hydrogens (tertiary/aromatic N) is 2. The molecular weight excluding hydrogens is 304 g/mol. The van der Waals surface area contributed by atoms with Gasteiger partial charge in [0.1, 0.15) is 9.87 Å². The highest BCUT2D eigenvalue weighted by Crippen LogP contribution is 2.13. The molecule has 0 spiro atoms. The Hall–Kier alpha value is -1.86. The van der Waals surface area contributed by atoms with Crippen molar-refractivity contribution in [2.24, 2.45) is 5.73 Å². The summed E-state index contributed by atoms with van der Waals surface area (Å²) in [6.07, 6.45) is 1.69. The Balaban J connectivity index is 2.02. The average Bonchev–Trinajstić information content (AvgIpc) is 2.94. The molecule has 0 unspecified atom stereocenters. The summed E-state index contributed by atoms with van der Waals surface area (Å²) < 4.78 is 3.85. The van der Waals surface area contributed by atoms with E-state index in [0.717, 1.165) is 41.2 Å². The van der Waals surface area contributed by atoms with Crippen molar-refractivity contribution in [1.82, 2.24) is 14.9 Å². The molecule has 0 saturated heterocycles. The number of nitrogens with two attached hydrogens (primary N) is 1. The minimum Gasteiger partial charge on any atom is -0.389 e. The summed E-state index contributed by atoms with van der Waals surface area (Å²) in [5.41, 5.74) is 8.10. The molecule has 21 heavy (non-hydrogen) atoms. The number of carbonyl (C=O) groups excluding carboxylic acids is 1. The molecule has 110 valence electrons. The maximum absolute atomic E-state index is 12.2. The second-order valence-electron chi connectivity index (χ2n) is 4.55. The number of hydrogen-bond donors (Lipinski definition) is 2. The van der Waals surface area contributed by atoms with Crippen LogP contribution < -0.4 is 11.1 Å². The van der Waals surface area contributed by atoms with Gasteiger partial charge in [-0.05, 0) is 29.6 Å². The molecule has 1 aromatic heterocycles. The zero-order chi connectivity index (χ0) is 15.2. The molecule has 0 aliphatic rings. The van der Waals surface area contributed by atoms with Gasteiger partial charge in [0, 0.05) is 12.1 Å². The van der Waals surface area contributed by atoms with Crippen molar-refractivity contribution in [2.75, 3.05) is 0 Å². The van der Waals surface area contributed by atoms with Crippen molar-refractivity contribution in [1.29, 1.82) is 0 Å². The first-order valence-electron chi connectivity index (χ1n) is 6.60. The molecule has 1 heterocycles. The largest absolute Gasteiger partial charge is 0.389 e. The Morgan fingerprint density at radius 2 is 2.29 bits per heavy atom. The lowest BCUT2D eigenvalue weighted by molar-refractivity contribution is 0.0954. The Kier molecular flexibility index (Phi) is 5.35. The highest BCUT2D eigenvalue weighted by atomic mass is 32.1. The van der Waals surface area contributed by atoms with Crippen LogP contribution in [0, 0.1) is 0 Å². The van der Waals surface area contributed by atoms with Crippen LogP contribution in [0.15, 0.2) is 24.3 Å². The number of aryl methyl sites for hydroxylation is 1. The minimum atomic E-state index is -0.144. The first kappa shape index (κ1) is 15.5. The Bertz CT molecular complexity index is 654. The predicted octanol–water partition coefficient (Wildman–Crippen LogP) is 2.05. The molecule has 5 nitrogen and oxygen atoms in total. The predicted molar refractivity (Wildman–Crippen MR) is 87.4 cm³/mol. The molecule has 3 N–H and O–H groups in total. The van der Waals surface area contributed by atoms with Gasteiger partial charge in [-0.25, -0.2) is 0 Å². The minimum absolute atomic E-state index is 0.144. The van der Waals surface area contributed by atoms with Crippen LogP contribution >= 0.6 is 23.8 Å². The quantitative estimate of drug-likeness (QED) is 0.796. The molecule has 0 fully saturated rings. The molecular formula is C14H16N4OS2. The molecule has 1 amide bonds. The summed E-state index contributed by atoms with van der Waals surface area (Å²) in [6.45, 7) is 2.46. The first-order valence-corrected chi connectivity index (χ1v) is 7.78. The fraction of sp³-hybridized carbons (Fsp3) is 0.286. The van der Waals surface area contributed by atoms with E-state index >= 15 is 0 Å². The van der Waals surface area contributed by atoms with Crippen LogP contribution in [0.5, 0.6) is 0 Å². The van der Waals surface area contributed by atoms with Crippen molar-refractivity contribution >= 4 is 34.6 Å². The third-order valence-corrected chi connectivity index (χ3v) is 3.92. The molecule has 0 radical (unpaired) electrons. The van der Waals surface area contributed by atoms with Crippen LogP contribution in [0.25, 0.3) is 0 Å². The van der Waals surface area contributed by atoms with E-state index in [1.807, 2.05) is 31.2 Å². The SMILES string of the molecule is CCCc1nnsc1C(=O)NCc1cccc(C(N)=S)c1. The van der Waals surface area contributed by atoms with Crippen LogP contribution in [0.4, 0.5) is 0 Å². The van der Waals surface area contributed by atoms with Crippen molar-refractivity contribution < 1.29 is 4.79 Å². The topological polar surface area (TPSA) is 80.9 Å². The van der Waals surface area contributed by atoms with E-state index in [1.165, 1.54) is 0 Å². The van der Waals surface area contributed by atoms with Gasteiger partial charge in [0.25, 0.3) is 5.91 Å². The van der Waals surface area contributed by atoms with E-state index in [0.29, 0.717) is 16.4 Å². The Labute approximate surface area is 132 Å². The summed E-state index contributed by atoms with van der Waals surface area (Å²) in [6, 6.07) is 7.51. The third-order valence-electron chi connectivity index (χ3n) is 2.91. The van der Waals surface area contributed by atoms with Crippen molar-refractivity contribution in [2.45, 2.75) is 26.3 Å². The van der Waals surface area contributed by atoms with E-state index in [-0.39, 0.29) is 5.91 Å². The Morgan fingerprint density at radius 1 is 1.48 bits per heavy atom. The number of benzene rings is 1. The Morgan fingerprint density at radius 3 is 3.00 bits per heavy atom. The fourth-order valence-corrected chi connectivity index (χ4v) is 2.63. The molecule has 2 aromatic rings. The van der Waals surface area contributed by atoms with Gasteiger partial charge in [-0.3, -0.25) is 4.79 Å². The van der Waals surface area contributed by atoms with Crippen molar-refractivity contribution in [3.8, 4) is 0 Å². The zero-order valence-corrected chi connectivity index (χ0v) is 13.3. The fourth-order valence-electron chi connectivity index (χ4n) is 1.88. The molecule has 1 aromatic carbocycles. The lowest BCUT2D eigenvalue weighted by atomic mass is 10.1. The van der Waals surface area contributed by atoms with Crippen LogP contribution in [-0.2, 0) is 13.0 Å². The van der Waals surface area contributed by atoms with E-state index in [2.05, 4.69) is 14.9 Å². The van der Waals surface area contributed by atoms with E-state index < -0.39 is 0 Å². The summed E-state index contributed by atoms with van der Waals surface area (Å²) in [7, 11) is 0. The van der Waals surface area contributed by atoms with Gasteiger partial charge in [-0.1, -0.05) is 48.2 Å². The molecule has 0 aliphatic carbocycles. The number of hydrogen-bond acceptors (Lipinski definition) is 5. The summed E-state index contributed by atoms with van der Waals surface area (Å²) in [5.74, 6) is -0.144. The average molecular weight is 320 g/mol. The van der Waals surface area contributed by atoms with E-state index in [1.54, 1.807) is 0 Å². The lowest BCUT2D eigenvalue weighted by Gasteiger charge is -2.06. The maximum Gasteiger partial charge on any atom is 0.265 e. The van der Waals surface area contributed by atoms with Crippen molar-refractivity contribution in [3.63, 3.8) is 0 Å². The van der Waals surface area contributed by atoms with Crippen molar-refractivity contribution in [3.05, 3.63) is 46.0 Å². The monoisotopic (exact) mass is 320 g/mol. The number of rotatable bonds is 6. The van der Waals surface area contributed by atoms with Gasteiger partial charge in [-0.15, -0.1) is 5.10 Å². The third kappa shape index (κ3) is 4.05. The van der Waals surface area contributed by atoms with Gasteiger partial charge in [0.15, 0.2) is 0 Å². The molecule has 7 heteroatoms. The number of thiocarbonyl (C=S) groups is 1.